The molecule has 2 aliphatic rings. The van der Waals surface area contributed by atoms with Crippen molar-refractivity contribution in [3.05, 3.63) is 48.0 Å². The van der Waals surface area contributed by atoms with Crippen molar-refractivity contribution in [2.45, 2.75) is 25.7 Å². The minimum absolute atomic E-state index is 0.450. The second-order valence-corrected chi connectivity index (χ2v) is 5.03. The number of hydrogen-bond acceptors (Lipinski definition) is 0. The van der Waals surface area contributed by atoms with Crippen molar-refractivity contribution in [1.29, 1.82) is 0 Å². The lowest BCUT2D eigenvalue weighted by molar-refractivity contribution is 0.395. The van der Waals surface area contributed by atoms with Crippen molar-refractivity contribution >= 4 is 0 Å². The van der Waals surface area contributed by atoms with Crippen LogP contribution < -0.4 is 0 Å². The SMILES string of the molecule is CC12C=CC(CC1c1ccccc1)C2. The van der Waals surface area contributed by atoms with Crippen LogP contribution in [0.1, 0.15) is 31.2 Å². The first-order chi connectivity index (χ1) is 6.78. The molecule has 0 N–H and O–H groups in total. The van der Waals surface area contributed by atoms with E-state index in [1.165, 1.54) is 18.4 Å². The quantitative estimate of drug-likeness (QED) is 0.583. The highest BCUT2D eigenvalue weighted by molar-refractivity contribution is 5.30. The van der Waals surface area contributed by atoms with E-state index in [4.69, 9.17) is 0 Å². The molecule has 1 aromatic rings. The minimum Gasteiger partial charge on any atom is -0.0848 e. The zero-order valence-electron chi connectivity index (χ0n) is 8.61. The second kappa shape index (κ2) is 2.73. The molecular formula is C14H16. The number of allylic oxidation sites excluding steroid dienone is 2. The van der Waals surface area contributed by atoms with Gasteiger partial charge in [-0.05, 0) is 35.7 Å². The Kier molecular flexibility index (Phi) is 1.61. The molecule has 0 aromatic heterocycles. The van der Waals surface area contributed by atoms with E-state index in [1.807, 2.05) is 0 Å². The van der Waals surface area contributed by atoms with Crippen molar-refractivity contribution in [1.82, 2.24) is 0 Å². The molecule has 0 amide bonds. The molecule has 0 heteroatoms. The van der Waals surface area contributed by atoms with Crippen LogP contribution in [0.2, 0.25) is 0 Å². The second-order valence-electron chi connectivity index (χ2n) is 5.03. The Hall–Kier alpha value is -1.04. The lowest BCUT2D eigenvalue weighted by atomic mass is 9.76. The van der Waals surface area contributed by atoms with Gasteiger partial charge >= 0.3 is 0 Å². The molecule has 2 bridgehead atoms. The van der Waals surface area contributed by atoms with Gasteiger partial charge in [0.25, 0.3) is 0 Å². The van der Waals surface area contributed by atoms with Gasteiger partial charge < -0.3 is 0 Å². The molecule has 1 saturated carbocycles. The van der Waals surface area contributed by atoms with E-state index in [2.05, 4.69) is 49.4 Å². The summed E-state index contributed by atoms with van der Waals surface area (Å²) in [5, 5.41) is 0. The molecule has 0 radical (unpaired) electrons. The van der Waals surface area contributed by atoms with Crippen LogP contribution in [-0.4, -0.2) is 0 Å². The highest BCUT2D eigenvalue weighted by Gasteiger charge is 2.45. The molecule has 0 saturated heterocycles. The standard InChI is InChI=1S/C14H16/c1-14-8-7-11(10-14)9-13(14)12-5-3-2-4-6-12/h2-8,11,13H,9-10H2,1H3. The summed E-state index contributed by atoms with van der Waals surface area (Å²) in [5.74, 6) is 1.61. The molecule has 3 unspecified atom stereocenters. The summed E-state index contributed by atoms with van der Waals surface area (Å²) in [6.07, 6.45) is 7.59. The van der Waals surface area contributed by atoms with Crippen LogP contribution in [0.25, 0.3) is 0 Å². The Morgan fingerprint density at radius 2 is 2.00 bits per heavy atom. The van der Waals surface area contributed by atoms with Crippen molar-refractivity contribution in [2.24, 2.45) is 11.3 Å². The van der Waals surface area contributed by atoms with Gasteiger partial charge in [0, 0.05) is 0 Å². The number of rotatable bonds is 1. The lowest BCUT2D eigenvalue weighted by Crippen LogP contribution is -2.16. The molecule has 1 fully saturated rings. The van der Waals surface area contributed by atoms with Crippen LogP contribution in [0.5, 0.6) is 0 Å². The summed E-state index contributed by atoms with van der Waals surface area (Å²) in [7, 11) is 0. The van der Waals surface area contributed by atoms with Crippen molar-refractivity contribution in [3.8, 4) is 0 Å². The number of hydrogen-bond donors (Lipinski definition) is 0. The third kappa shape index (κ3) is 1.06. The molecule has 0 aliphatic heterocycles. The highest BCUT2D eigenvalue weighted by atomic mass is 14.5. The van der Waals surface area contributed by atoms with E-state index in [9.17, 15) is 0 Å². The van der Waals surface area contributed by atoms with Crippen LogP contribution in [0.4, 0.5) is 0 Å². The van der Waals surface area contributed by atoms with Crippen molar-refractivity contribution in [2.75, 3.05) is 0 Å². The Morgan fingerprint density at radius 3 is 2.57 bits per heavy atom. The van der Waals surface area contributed by atoms with Crippen LogP contribution in [0.15, 0.2) is 42.5 Å². The van der Waals surface area contributed by atoms with Crippen molar-refractivity contribution < 1.29 is 0 Å². The van der Waals surface area contributed by atoms with Gasteiger partial charge in [0.05, 0.1) is 0 Å². The van der Waals surface area contributed by atoms with Gasteiger partial charge in [-0.25, -0.2) is 0 Å². The topological polar surface area (TPSA) is 0 Å². The smallest absolute Gasteiger partial charge is 0.00675 e. The van der Waals surface area contributed by atoms with E-state index in [1.54, 1.807) is 0 Å². The average molecular weight is 184 g/mol. The van der Waals surface area contributed by atoms with Gasteiger partial charge in [-0.2, -0.15) is 0 Å². The van der Waals surface area contributed by atoms with E-state index in [0.717, 1.165) is 11.8 Å². The highest BCUT2D eigenvalue weighted by Crippen LogP contribution is 2.57. The molecule has 3 rings (SSSR count). The monoisotopic (exact) mass is 184 g/mol. The van der Waals surface area contributed by atoms with E-state index < -0.39 is 0 Å². The lowest BCUT2D eigenvalue weighted by Gasteiger charge is -2.28. The Morgan fingerprint density at radius 1 is 1.21 bits per heavy atom. The molecular weight excluding hydrogens is 168 g/mol. The van der Waals surface area contributed by atoms with Gasteiger partial charge in [0.2, 0.25) is 0 Å². The first-order valence-corrected chi connectivity index (χ1v) is 5.52. The van der Waals surface area contributed by atoms with Crippen LogP contribution in [0.3, 0.4) is 0 Å². The summed E-state index contributed by atoms with van der Waals surface area (Å²) in [4.78, 5) is 0. The summed E-state index contributed by atoms with van der Waals surface area (Å²) >= 11 is 0. The first-order valence-electron chi connectivity index (χ1n) is 5.52. The summed E-state index contributed by atoms with van der Waals surface area (Å²) in [6, 6.07) is 11.0. The van der Waals surface area contributed by atoms with E-state index in [0.29, 0.717) is 5.41 Å². The van der Waals surface area contributed by atoms with Gasteiger partial charge in [-0.1, -0.05) is 49.4 Å². The van der Waals surface area contributed by atoms with Crippen LogP contribution in [0, 0.1) is 11.3 Å². The van der Waals surface area contributed by atoms with Gasteiger partial charge in [0.15, 0.2) is 0 Å². The predicted octanol–water partition coefficient (Wildman–Crippen LogP) is 3.76. The van der Waals surface area contributed by atoms with Crippen LogP contribution >= 0.6 is 0 Å². The van der Waals surface area contributed by atoms with Gasteiger partial charge in [-0.3, -0.25) is 0 Å². The minimum atomic E-state index is 0.450. The van der Waals surface area contributed by atoms with Crippen molar-refractivity contribution in [3.63, 3.8) is 0 Å². The molecule has 2 aliphatic carbocycles. The molecule has 0 spiro atoms. The maximum absolute atomic E-state index is 2.44. The summed E-state index contributed by atoms with van der Waals surface area (Å²) in [6.45, 7) is 2.41. The van der Waals surface area contributed by atoms with E-state index in [-0.39, 0.29) is 0 Å². The zero-order chi connectivity index (χ0) is 9.60. The maximum atomic E-state index is 2.44. The number of fused-ring (bicyclic) bond motifs is 2. The van der Waals surface area contributed by atoms with Gasteiger partial charge in [0.1, 0.15) is 0 Å². The van der Waals surface area contributed by atoms with E-state index >= 15 is 0 Å². The Labute approximate surface area is 85.6 Å². The summed E-state index contributed by atoms with van der Waals surface area (Å²) < 4.78 is 0. The fraction of sp³-hybridized carbons (Fsp3) is 0.429. The number of benzene rings is 1. The first kappa shape index (κ1) is 8.28. The van der Waals surface area contributed by atoms with Crippen LogP contribution in [-0.2, 0) is 0 Å². The molecule has 0 heterocycles. The third-order valence-corrected chi connectivity index (χ3v) is 3.99. The maximum Gasteiger partial charge on any atom is -0.00675 e. The predicted molar refractivity (Wildman–Crippen MR) is 59.2 cm³/mol. The largest absolute Gasteiger partial charge is 0.0848 e. The fourth-order valence-electron chi connectivity index (χ4n) is 3.25. The molecule has 14 heavy (non-hydrogen) atoms. The zero-order valence-corrected chi connectivity index (χ0v) is 8.61. The molecule has 72 valence electrons. The molecule has 1 aromatic carbocycles. The molecule has 0 nitrogen and oxygen atoms in total. The normalized spacial score (nSPS) is 39.2. The molecule has 3 atom stereocenters. The Bertz CT molecular complexity index is 363. The third-order valence-electron chi connectivity index (χ3n) is 3.99. The fourth-order valence-corrected chi connectivity index (χ4v) is 3.25. The summed E-state index contributed by atoms with van der Waals surface area (Å²) in [5.41, 5.74) is 1.98. The average Bonchev–Trinajstić information content (AvgIpc) is 2.74. The van der Waals surface area contributed by atoms with Gasteiger partial charge in [-0.15, -0.1) is 0 Å². The Balaban J connectivity index is 1.99.